The van der Waals surface area contributed by atoms with Crippen molar-refractivity contribution < 1.29 is 4.74 Å². The highest BCUT2D eigenvalue weighted by Crippen LogP contribution is 2.30. The first-order valence-electron chi connectivity index (χ1n) is 7.29. The molecule has 1 aromatic heterocycles. The number of ether oxygens (including phenoxy) is 1. The Bertz CT molecular complexity index is 577. The zero-order valence-electron chi connectivity index (χ0n) is 12.0. The molecule has 0 atom stereocenters. The maximum absolute atomic E-state index is 5.83. The van der Waals surface area contributed by atoms with Gasteiger partial charge in [-0.3, -0.25) is 0 Å². The Kier molecular flexibility index (Phi) is 3.68. The van der Waals surface area contributed by atoms with Crippen LogP contribution in [0.1, 0.15) is 38.4 Å². The van der Waals surface area contributed by atoms with E-state index in [-0.39, 0.29) is 0 Å². The summed E-state index contributed by atoms with van der Waals surface area (Å²) in [6, 6.07) is 12.1. The summed E-state index contributed by atoms with van der Waals surface area (Å²) in [4.78, 5) is 9.18. The van der Waals surface area contributed by atoms with E-state index in [1.165, 1.54) is 12.8 Å². The zero-order chi connectivity index (χ0) is 13.9. The zero-order valence-corrected chi connectivity index (χ0v) is 12.0. The van der Waals surface area contributed by atoms with Crippen LogP contribution in [-0.2, 0) is 0 Å². The SMILES string of the molecule is CC(C)c1nc(OCC2CC2)cc(-c2ccccc2)n1. The Morgan fingerprint density at radius 1 is 1.15 bits per heavy atom. The van der Waals surface area contributed by atoms with E-state index in [2.05, 4.69) is 35.9 Å². The van der Waals surface area contributed by atoms with Crippen LogP contribution >= 0.6 is 0 Å². The minimum atomic E-state index is 0.293. The van der Waals surface area contributed by atoms with E-state index in [0.29, 0.717) is 11.8 Å². The summed E-state index contributed by atoms with van der Waals surface area (Å²) in [5.74, 6) is 2.57. The molecule has 3 rings (SSSR count). The van der Waals surface area contributed by atoms with E-state index in [0.717, 1.165) is 29.6 Å². The van der Waals surface area contributed by atoms with Crippen LogP contribution in [0.3, 0.4) is 0 Å². The first-order valence-corrected chi connectivity index (χ1v) is 7.29. The van der Waals surface area contributed by atoms with Crippen LogP contribution in [0, 0.1) is 5.92 Å². The van der Waals surface area contributed by atoms with E-state index in [1.807, 2.05) is 24.3 Å². The lowest BCUT2D eigenvalue weighted by molar-refractivity contribution is 0.286. The van der Waals surface area contributed by atoms with E-state index in [9.17, 15) is 0 Å². The van der Waals surface area contributed by atoms with Crippen molar-refractivity contribution in [1.29, 1.82) is 0 Å². The molecule has 1 heterocycles. The summed E-state index contributed by atoms with van der Waals surface area (Å²) in [5.41, 5.74) is 2.04. The fourth-order valence-corrected chi connectivity index (χ4v) is 2.02. The number of hydrogen-bond donors (Lipinski definition) is 0. The second-order valence-corrected chi connectivity index (χ2v) is 5.72. The Hall–Kier alpha value is -1.90. The van der Waals surface area contributed by atoms with Crippen LogP contribution in [0.5, 0.6) is 5.88 Å². The van der Waals surface area contributed by atoms with Crippen LogP contribution in [0.15, 0.2) is 36.4 Å². The molecule has 1 aliphatic rings. The molecule has 0 unspecified atom stereocenters. The van der Waals surface area contributed by atoms with Crippen molar-refractivity contribution in [3.63, 3.8) is 0 Å². The summed E-state index contributed by atoms with van der Waals surface area (Å²) < 4.78 is 5.83. The van der Waals surface area contributed by atoms with Gasteiger partial charge in [-0.2, -0.15) is 4.98 Å². The average molecular weight is 268 g/mol. The van der Waals surface area contributed by atoms with Gasteiger partial charge < -0.3 is 4.74 Å². The molecular formula is C17H20N2O. The second-order valence-electron chi connectivity index (χ2n) is 5.72. The molecule has 1 aromatic carbocycles. The van der Waals surface area contributed by atoms with Crippen molar-refractivity contribution in [2.75, 3.05) is 6.61 Å². The van der Waals surface area contributed by atoms with Gasteiger partial charge in [0.15, 0.2) is 0 Å². The van der Waals surface area contributed by atoms with Crippen LogP contribution in [0.2, 0.25) is 0 Å². The fourth-order valence-electron chi connectivity index (χ4n) is 2.02. The van der Waals surface area contributed by atoms with Gasteiger partial charge in [0.25, 0.3) is 0 Å². The molecule has 20 heavy (non-hydrogen) atoms. The molecule has 0 aliphatic heterocycles. The van der Waals surface area contributed by atoms with Crippen molar-refractivity contribution in [1.82, 2.24) is 9.97 Å². The van der Waals surface area contributed by atoms with Crippen molar-refractivity contribution in [3.05, 3.63) is 42.2 Å². The van der Waals surface area contributed by atoms with Gasteiger partial charge >= 0.3 is 0 Å². The molecule has 0 bridgehead atoms. The maximum atomic E-state index is 5.83. The van der Waals surface area contributed by atoms with Gasteiger partial charge in [0, 0.05) is 17.5 Å². The Labute approximate surface area is 120 Å². The first kappa shape index (κ1) is 13.1. The van der Waals surface area contributed by atoms with Gasteiger partial charge in [-0.25, -0.2) is 4.98 Å². The smallest absolute Gasteiger partial charge is 0.217 e. The third kappa shape index (κ3) is 3.16. The number of hydrogen-bond acceptors (Lipinski definition) is 3. The third-order valence-electron chi connectivity index (χ3n) is 3.47. The third-order valence-corrected chi connectivity index (χ3v) is 3.47. The molecule has 0 radical (unpaired) electrons. The predicted molar refractivity (Wildman–Crippen MR) is 79.8 cm³/mol. The van der Waals surface area contributed by atoms with E-state index in [4.69, 9.17) is 4.74 Å². The molecule has 1 saturated carbocycles. The maximum Gasteiger partial charge on any atom is 0.217 e. The second kappa shape index (κ2) is 5.61. The number of rotatable bonds is 5. The molecule has 0 N–H and O–H groups in total. The number of benzene rings is 1. The minimum Gasteiger partial charge on any atom is -0.477 e. The highest BCUT2D eigenvalue weighted by atomic mass is 16.5. The highest BCUT2D eigenvalue weighted by Gasteiger charge is 2.22. The molecule has 1 aliphatic carbocycles. The summed E-state index contributed by atoms with van der Waals surface area (Å²) in [5, 5.41) is 0. The van der Waals surface area contributed by atoms with Gasteiger partial charge in [0.2, 0.25) is 5.88 Å². The summed E-state index contributed by atoms with van der Waals surface area (Å²) in [7, 11) is 0. The van der Waals surface area contributed by atoms with Gasteiger partial charge in [0.1, 0.15) is 5.82 Å². The van der Waals surface area contributed by atoms with Crippen molar-refractivity contribution in [2.24, 2.45) is 5.92 Å². The minimum absolute atomic E-state index is 0.293. The van der Waals surface area contributed by atoms with E-state index >= 15 is 0 Å². The quantitative estimate of drug-likeness (QED) is 0.820. The fraction of sp³-hybridized carbons (Fsp3) is 0.412. The molecule has 0 spiro atoms. The monoisotopic (exact) mass is 268 g/mol. The van der Waals surface area contributed by atoms with Crippen molar-refractivity contribution in [3.8, 4) is 17.1 Å². The van der Waals surface area contributed by atoms with Crippen LogP contribution < -0.4 is 4.74 Å². The number of aromatic nitrogens is 2. The van der Waals surface area contributed by atoms with Crippen LogP contribution in [0.4, 0.5) is 0 Å². The molecule has 0 amide bonds. The Morgan fingerprint density at radius 2 is 1.90 bits per heavy atom. The van der Waals surface area contributed by atoms with Gasteiger partial charge in [-0.15, -0.1) is 0 Å². The van der Waals surface area contributed by atoms with E-state index in [1.54, 1.807) is 0 Å². The summed E-state index contributed by atoms with van der Waals surface area (Å²) in [6.45, 7) is 4.99. The molecule has 3 heteroatoms. The van der Waals surface area contributed by atoms with Crippen LogP contribution in [0.25, 0.3) is 11.3 Å². The van der Waals surface area contributed by atoms with Gasteiger partial charge in [-0.1, -0.05) is 44.2 Å². The lowest BCUT2D eigenvalue weighted by Crippen LogP contribution is -2.05. The van der Waals surface area contributed by atoms with Gasteiger partial charge in [0.05, 0.1) is 12.3 Å². The van der Waals surface area contributed by atoms with Crippen molar-refractivity contribution in [2.45, 2.75) is 32.6 Å². The summed E-state index contributed by atoms with van der Waals surface area (Å²) >= 11 is 0. The average Bonchev–Trinajstić information content (AvgIpc) is 3.30. The lowest BCUT2D eigenvalue weighted by Gasteiger charge is -2.11. The Balaban J connectivity index is 1.91. The van der Waals surface area contributed by atoms with Crippen molar-refractivity contribution >= 4 is 0 Å². The van der Waals surface area contributed by atoms with Gasteiger partial charge in [-0.05, 0) is 18.8 Å². The number of nitrogens with zero attached hydrogens (tertiary/aromatic N) is 2. The predicted octanol–water partition coefficient (Wildman–Crippen LogP) is 4.06. The molecule has 3 nitrogen and oxygen atoms in total. The van der Waals surface area contributed by atoms with Crippen LogP contribution in [-0.4, -0.2) is 16.6 Å². The van der Waals surface area contributed by atoms with E-state index < -0.39 is 0 Å². The molecule has 0 saturated heterocycles. The largest absolute Gasteiger partial charge is 0.477 e. The molecule has 1 fully saturated rings. The first-order chi connectivity index (χ1) is 9.72. The standard InChI is InChI=1S/C17H20N2O/c1-12(2)17-18-15(14-6-4-3-5-7-14)10-16(19-17)20-11-13-8-9-13/h3-7,10,12-13H,8-9,11H2,1-2H3. The highest BCUT2D eigenvalue weighted by molar-refractivity contribution is 5.59. The summed E-state index contributed by atoms with van der Waals surface area (Å²) in [6.07, 6.45) is 2.57. The lowest BCUT2D eigenvalue weighted by atomic mass is 10.1. The molecule has 2 aromatic rings. The molecule has 104 valence electrons. The topological polar surface area (TPSA) is 35.0 Å². The Morgan fingerprint density at radius 3 is 2.55 bits per heavy atom. The molecular weight excluding hydrogens is 248 g/mol. The normalized spacial score (nSPS) is 14.6.